The number of aliphatic hydroxyl groups is 3. The van der Waals surface area contributed by atoms with Crippen molar-refractivity contribution in [1.29, 1.82) is 0 Å². The van der Waals surface area contributed by atoms with E-state index in [9.17, 15) is 15.3 Å². The molecule has 0 aliphatic heterocycles. The van der Waals surface area contributed by atoms with Crippen LogP contribution in [-0.2, 0) is 4.74 Å². The summed E-state index contributed by atoms with van der Waals surface area (Å²) in [5.41, 5.74) is 5.31. The van der Waals surface area contributed by atoms with Gasteiger partial charge in [-0.2, -0.15) is 0 Å². The predicted molar refractivity (Wildman–Crippen MR) is 139 cm³/mol. The van der Waals surface area contributed by atoms with Crippen LogP contribution < -0.4 is 14.2 Å². The van der Waals surface area contributed by atoms with E-state index < -0.39 is 24.4 Å². The number of hydrogen-bond acceptors (Lipinski definition) is 7. The first-order valence-corrected chi connectivity index (χ1v) is 12.4. The van der Waals surface area contributed by atoms with E-state index in [2.05, 4.69) is 0 Å². The molecule has 6 rings (SSSR count). The maximum absolute atomic E-state index is 11.4. The molecule has 0 radical (unpaired) electrons. The Balaban J connectivity index is 1.32. The normalized spacial score (nSPS) is 21.0. The molecular formula is C31H28O7. The van der Waals surface area contributed by atoms with Gasteiger partial charge < -0.3 is 34.3 Å². The van der Waals surface area contributed by atoms with Gasteiger partial charge in [0.25, 0.3) is 0 Å². The largest absolute Gasteiger partial charge is 0.497 e. The third-order valence-corrected chi connectivity index (χ3v) is 7.45. The quantitative estimate of drug-likeness (QED) is 0.322. The molecule has 0 aromatic heterocycles. The Hall–Kier alpha value is -3.88. The number of methoxy groups -OCH3 is 2. The molecule has 0 saturated heterocycles. The van der Waals surface area contributed by atoms with Crippen molar-refractivity contribution in [2.24, 2.45) is 0 Å². The Labute approximate surface area is 220 Å². The third kappa shape index (κ3) is 3.83. The van der Waals surface area contributed by atoms with Crippen LogP contribution in [0, 0.1) is 0 Å². The van der Waals surface area contributed by atoms with Crippen molar-refractivity contribution in [2.45, 2.75) is 24.4 Å². The first kappa shape index (κ1) is 24.5. The molecule has 0 amide bonds. The Morgan fingerprint density at radius 1 is 0.579 bits per heavy atom. The van der Waals surface area contributed by atoms with Crippen molar-refractivity contribution < 1.29 is 34.3 Å². The van der Waals surface area contributed by atoms with E-state index in [1.54, 1.807) is 43.5 Å². The lowest BCUT2D eigenvalue weighted by Crippen LogP contribution is -2.23. The van der Waals surface area contributed by atoms with Crippen LogP contribution >= 0.6 is 0 Å². The van der Waals surface area contributed by atoms with Crippen molar-refractivity contribution in [3.8, 4) is 17.2 Å². The Morgan fingerprint density at radius 2 is 1.18 bits per heavy atom. The molecule has 0 saturated carbocycles. The van der Waals surface area contributed by atoms with Crippen LogP contribution in [0.2, 0.25) is 0 Å². The smallest absolute Gasteiger partial charge is 0.190 e. The van der Waals surface area contributed by atoms with Crippen molar-refractivity contribution in [3.63, 3.8) is 0 Å². The first-order chi connectivity index (χ1) is 18.5. The highest BCUT2D eigenvalue weighted by atomic mass is 16.7. The third-order valence-electron chi connectivity index (χ3n) is 7.45. The zero-order chi connectivity index (χ0) is 26.4. The molecule has 2 aliphatic rings. The number of benzene rings is 4. The average molecular weight is 513 g/mol. The summed E-state index contributed by atoms with van der Waals surface area (Å²) < 4.78 is 23.3. The number of rotatable bonds is 6. The van der Waals surface area contributed by atoms with Gasteiger partial charge in [0.1, 0.15) is 41.7 Å². The fourth-order valence-corrected chi connectivity index (χ4v) is 5.63. The summed E-state index contributed by atoms with van der Waals surface area (Å²) in [6.07, 6.45) is -3.27. The summed E-state index contributed by atoms with van der Waals surface area (Å²) in [5.74, 6) is 1.56. The summed E-state index contributed by atoms with van der Waals surface area (Å²) in [6.45, 7) is -0.135. The molecule has 194 valence electrons. The van der Waals surface area contributed by atoms with Gasteiger partial charge in [0.05, 0.1) is 14.2 Å². The van der Waals surface area contributed by atoms with Gasteiger partial charge in [0, 0.05) is 11.1 Å². The minimum Gasteiger partial charge on any atom is -0.497 e. The maximum Gasteiger partial charge on any atom is 0.190 e. The minimum atomic E-state index is -1.05. The van der Waals surface area contributed by atoms with Crippen molar-refractivity contribution in [1.82, 2.24) is 0 Å². The molecule has 4 atom stereocenters. The van der Waals surface area contributed by atoms with E-state index in [1.807, 2.05) is 42.5 Å². The van der Waals surface area contributed by atoms with Crippen LogP contribution in [0.5, 0.6) is 17.2 Å². The maximum atomic E-state index is 11.4. The fraction of sp³-hybridized carbons (Fsp3) is 0.226. The van der Waals surface area contributed by atoms with Crippen LogP contribution in [0.25, 0.3) is 0 Å². The SMILES string of the molecule is COc1ccc2c(c1)C(OCOc1cccc3c1C(O)c1c(OC)cccc1C3O)c1ccccc1C2O. The van der Waals surface area contributed by atoms with E-state index in [1.165, 1.54) is 7.11 Å². The first-order valence-electron chi connectivity index (χ1n) is 12.4. The zero-order valence-corrected chi connectivity index (χ0v) is 21.0. The molecule has 0 heterocycles. The molecule has 7 nitrogen and oxygen atoms in total. The van der Waals surface area contributed by atoms with Crippen LogP contribution in [0.1, 0.15) is 68.9 Å². The molecular weight excluding hydrogens is 484 g/mol. The lowest BCUT2D eigenvalue weighted by molar-refractivity contribution is -0.0252. The highest BCUT2D eigenvalue weighted by Gasteiger charge is 2.36. The summed E-state index contributed by atoms with van der Waals surface area (Å²) in [4.78, 5) is 0. The molecule has 38 heavy (non-hydrogen) atoms. The Kier molecular flexibility index (Phi) is 6.29. The molecule has 4 aromatic rings. The second kappa shape index (κ2) is 9.78. The van der Waals surface area contributed by atoms with E-state index >= 15 is 0 Å². The lowest BCUT2D eigenvalue weighted by Gasteiger charge is -2.33. The van der Waals surface area contributed by atoms with Gasteiger partial charge in [-0.3, -0.25) is 0 Å². The average Bonchev–Trinajstić information content (AvgIpc) is 2.96. The van der Waals surface area contributed by atoms with Gasteiger partial charge >= 0.3 is 0 Å². The summed E-state index contributed by atoms with van der Waals surface area (Å²) in [6, 6.07) is 23.8. The van der Waals surface area contributed by atoms with Gasteiger partial charge in [-0.15, -0.1) is 0 Å². The summed E-state index contributed by atoms with van der Waals surface area (Å²) in [5, 5.41) is 33.5. The molecule has 4 unspecified atom stereocenters. The Bertz CT molecular complexity index is 1500. The highest BCUT2D eigenvalue weighted by molar-refractivity contribution is 5.59. The highest BCUT2D eigenvalue weighted by Crippen LogP contribution is 2.48. The van der Waals surface area contributed by atoms with E-state index in [4.69, 9.17) is 18.9 Å². The number of hydrogen-bond donors (Lipinski definition) is 3. The molecule has 0 bridgehead atoms. The van der Waals surface area contributed by atoms with Crippen molar-refractivity contribution in [3.05, 3.63) is 123 Å². The van der Waals surface area contributed by atoms with Gasteiger partial charge in [0.2, 0.25) is 0 Å². The zero-order valence-electron chi connectivity index (χ0n) is 21.0. The van der Waals surface area contributed by atoms with Crippen LogP contribution in [0.4, 0.5) is 0 Å². The monoisotopic (exact) mass is 512 g/mol. The summed E-state index contributed by atoms with van der Waals surface area (Å²) >= 11 is 0. The Morgan fingerprint density at radius 3 is 1.89 bits per heavy atom. The second-order valence-corrected chi connectivity index (χ2v) is 9.36. The molecule has 0 fully saturated rings. The van der Waals surface area contributed by atoms with Gasteiger partial charge in [0.15, 0.2) is 6.79 Å². The fourth-order valence-electron chi connectivity index (χ4n) is 5.63. The van der Waals surface area contributed by atoms with Gasteiger partial charge in [-0.1, -0.05) is 54.6 Å². The molecule has 0 spiro atoms. The molecule has 4 aromatic carbocycles. The van der Waals surface area contributed by atoms with Crippen molar-refractivity contribution >= 4 is 0 Å². The number of aliphatic hydroxyl groups excluding tert-OH is 3. The van der Waals surface area contributed by atoms with Crippen LogP contribution in [-0.4, -0.2) is 36.3 Å². The molecule has 7 heteroatoms. The second-order valence-electron chi connectivity index (χ2n) is 9.36. The van der Waals surface area contributed by atoms with Crippen LogP contribution in [0.3, 0.4) is 0 Å². The van der Waals surface area contributed by atoms with Crippen LogP contribution in [0.15, 0.2) is 78.9 Å². The van der Waals surface area contributed by atoms with E-state index in [0.29, 0.717) is 39.5 Å². The topological polar surface area (TPSA) is 97.6 Å². The summed E-state index contributed by atoms with van der Waals surface area (Å²) in [7, 11) is 3.13. The lowest BCUT2D eigenvalue weighted by atomic mass is 9.81. The molecule has 2 aliphatic carbocycles. The van der Waals surface area contributed by atoms with Gasteiger partial charge in [-0.25, -0.2) is 0 Å². The molecule has 3 N–H and O–H groups in total. The number of fused-ring (bicyclic) bond motifs is 4. The van der Waals surface area contributed by atoms with E-state index in [-0.39, 0.29) is 6.79 Å². The van der Waals surface area contributed by atoms with E-state index in [0.717, 1.165) is 22.3 Å². The minimum absolute atomic E-state index is 0.135. The predicted octanol–water partition coefficient (Wildman–Crippen LogP) is 4.72. The van der Waals surface area contributed by atoms with Gasteiger partial charge in [-0.05, 0) is 57.6 Å². The number of ether oxygens (including phenoxy) is 4. The standard InChI is InChI=1S/C31H28O7/c1-35-17-13-14-19-23(15-17)31(20-8-4-3-7-18(20)28(19)32)38-16-37-25-12-6-10-22-27(25)30(34)26-21(29(22)33)9-5-11-24(26)36-2/h3-15,28-34H,16H2,1-2H3. The van der Waals surface area contributed by atoms with Crippen molar-refractivity contribution in [2.75, 3.05) is 21.0 Å².